The summed E-state index contributed by atoms with van der Waals surface area (Å²) in [6.45, 7) is 3.33. The van der Waals surface area contributed by atoms with Crippen molar-refractivity contribution in [1.29, 1.82) is 0 Å². The highest BCUT2D eigenvalue weighted by Gasteiger charge is 2.25. The molecule has 0 fully saturated rings. The van der Waals surface area contributed by atoms with Gasteiger partial charge in [-0.15, -0.1) is 5.10 Å². The van der Waals surface area contributed by atoms with E-state index < -0.39 is 5.91 Å². The van der Waals surface area contributed by atoms with Crippen LogP contribution in [-0.2, 0) is 4.79 Å². The molecule has 2 aromatic rings. The molecule has 1 amide bonds. The van der Waals surface area contributed by atoms with Gasteiger partial charge in [0.05, 0.1) is 26.3 Å². The zero-order valence-corrected chi connectivity index (χ0v) is 18.0. The molecule has 0 aromatic heterocycles. The normalized spacial score (nSPS) is 15.1. The van der Waals surface area contributed by atoms with Crippen molar-refractivity contribution in [3.8, 4) is 5.75 Å². The van der Waals surface area contributed by atoms with Gasteiger partial charge in [-0.3, -0.25) is 9.80 Å². The maximum Gasteiger partial charge on any atom is 0.279 e. The molecule has 1 aliphatic heterocycles. The van der Waals surface area contributed by atoms with Crippen LogP contribution in [0, 0.1) is 0 Å². The van der Waals surface area contributed by atoms with E-state index in [0.717, 1.165) is 0 Å². The van der Waals surface area contributed by atoms with Crippen LogP contribution in [0.1, 0.15) is 5.56 Å². The third-order valence-electron chi connectivity index (χ3n) is 3.92. The van der Waals surface area contributed by atoms with Crippen LogP contribution >= 0.6 is 46.4 Å². The number of hydrazone groups is 1. The standard InChI is InChI=1S/C20H13Cl4N3O2/c1-25-20(28)19(18-12(22)4-3-5-13(18)23)15-7-9-17(26-27(15)2)29-16-8-6-11(21)10-14(16)24/h3-10H,1H2,2H3/b19-15-. The molecule has 0 saturated heterocycles. The fourth-order valence-electron chi connectivity index (χ4n) is 2.62. The molecule has 29 heavy (non-hydrogen) atoms. The molecule has 1 heterocycles. The summed E-state index contributed by atoms with van der Waals surface area (Å²) < 4.78 is 5.72. The van der Waals surface area contributed by atoms with Gasteiger partial charge in [-0.25, -0.2) is 4.99 Å². The van der Waals surface area contributed by atoms with Crippen molar-refractivity contribution in [3.63, 3.8) is 0 Å². The van der Waals surface area contributed by atoms with Crippen LogP contribution in [-0.4, -0.2) is 30.6 Å². The first-order valence-electron chi connectivity index (χ1n) is 8.15. The molecule has 5 nitrogen and oxygen atoms in total. The number of aliphatic imine (C=N–C) groups is 1. The fraction of sp³-hybridized carbons (Fsp3) is 0.0500. The van der Waals surface area contributed by atoms with Gasteiger partial charge in [0.1, 0.15) is 5.75 Å². The number of ether oxygens (including phenoxy) is 1. The van der Waals surface area contributed by atoms with E-state index in [9.17, 15) is 4.79 Å². The maximum atomic E-state index is 12.5. The number of benzene rings is 2. The lowest BCUT2D eigenvalue weighted by Crippen LogP contribution is -2.22. The summed E-state index contributed by atoms with van der Waals surface area (Å²) >= 11 is 24.6. The molecule has 0 spiro atoms. The summed E-state index contributed by atoms with van der Waals surface area (Å²) in [5.74, 6) is 0.0504. The smallest absolute Gasteiger partial charge is 0.279 e. The van der Waals surface area contributed by atoms with Crippen LogP contribution in [0.15, 0.2) is 64.3 Å². The van der Waals surface area contributed by atoms with E-state index >= 15 is 0 Å². The second-order valence-corrected chi connectivity index (χ2v) is 7.45. The monoisotopic (exact) mass is 467 g/mol. The summed E-state index contributed by atoms with van der Waals surface area (Å²) in [5.41, 5.74) is 0.939. The number of rotatable bonds is 3. The van der Waals surface area contributed by atoms with Crippen molar-refractivity contribution in [3.05, 3.63) is 79.9 Å². The molecular formula is C20H13Cl4N3O2. The largest absolute Gasteiger partial charge is 0.436 e. The van der Waals surface area contributed by atoms with Crippen LogP contribution < -0.4 is 4.74 Å². The van der Waals surface area contributed by atoms with E-state index in [0.29, 0.717) is 37.1 Å². The van der Waals surface area contributed by atoms with Crippen molar-refractivity contribution >= 4 is 70.5 Å². The van der Waals surface area contributed by atoms with Crippen LogP contribution in [0.4, 0.5) is 0 Å². The van der Waals surface area contributed by atoms with E-state index in [1.54, 1.807) is 55.6 Å². The number of allylic oxidation sites excluding steroid dienone is 1. The lowest BCUT2D eigenvalue weighted by molar-refractivity contribution is -0.112. The predicted molar refractivity (Wildman–Crippen MR) is 119 cm³/mol. The number of amides is 1. The van der Waals surface area contributed by atoms with E-state index in [2.05, 4.69) is 16.8 Å². The van der Waals surface area contributed by atoms with Crippen molar-refractivity contribution in [2.45, 2.75) is 0 Å². The van der Waals surface area contributed by atoms with E-state index in [4.69, 9.17) is 51.1 Å². The highest BCUT2D eigenvalue weighted by molar-refractivity contribution is 6.41. The molecule has 0 saturated carbocycles. The van der Waals surface area contributed by atoms with Gasteiger partial charge in [-0.2, -0.15) is 0 Å². The second-order valence-electron chi connectivity index (χ2n) is 5.79. The van der Waals surface area contributed by atoms with E-state index in [1.165, 1.54) is 5.01 Å². The van der Waals surface area contributed by atoms with Gasteiger partial charge in [0, 0.05) is 23.7 Å². The zero-order valence-electron chi connectivity index (χ0n) is 15.0. The Kier molecular flexibility index (Phi) is 6.65. The molecule has 3 rings (SSSR count). The number of nitrogens with zero attached hydrogens (tertiary/aromatic N) is 3. The second kappa shape index (κ2) is 9.01. The van der Waals surface area contributed by atoms with Crippen molar-refractivity contribution in [2.75, 3.05) is 7.05 Å². The Bertz CT molecular complexity index is 1070. The minimum Gasteiger partial charge on any atom is -0.436 e. The molecule has 2 aromatic carbocycles. The number of likely N-dealkylation sites (N-methyl/N-ethyl adjacent to an activating group) is 1. The summed E-state index contributed by atoms with van der Waals surface area (Å²) in [7, 11) is 1.65. The molecule has 0 aliphatic carbocycles. The summed E-state index contributed by atoms with van der Waals surface area (Å²) in [5, 5.41) is 7.23. The van der Waals surface area contributed by atoms with Gasteiger partial charge in [0.2, 0.25) is 5.90 Å². The Hall–Kier alpha value is -2.31. The highest BCUT2D eigenvalue weighted by Crippen LogP contribution is 2.36. The highest BCUT2D eigenvalue weighted by atomic mass is 35.5. The van der Waals surface area contributed by atoms with Crippen molar-refractivity contribution in [1.82, 2.24) is 5.01 Å². The first-order valence-corrected chi connectivity index (χ1v) is 9.66. The van der Waals surface area contributed by atoms with Gasteiger partial charge in [-0.1, -0.05) is 52.5 Å². The number of carbonyl (C=O) groups is 1. The Balaban J connectivity index is 2.02. The van der Waals surface area contributed by atoms with Crippen LogP contribution in [0.3, 0.4) is 0 Å². The number of hydrogen-bond acceptors (Lipinski definition) is 4. The molecule has 0 radical (unpaired) electrons. The Morgan fingerprint density at radius 2 is 1.76 bits per heavy atom. The van der Waals surface area contributed by atoms with E-state index in [-0.39, 0.29) is 11.5 Å². The van der Waals surface area contributed by atoms with Crippen LogP contribution in [0.25, 0.3) is 5.57 Å². The third-order valence-corrected chi connectivity index (χ3v) is 5.08. The average molecular weight is 469 g/mol. The Morgan fingerprint density at radius 3 is 2.34 bits per heavy atom. The lowest BCUT2D eigenvalue weighted by Gasteiger charge is -2.23. The van der Waals surface area contributed by atoms with Crippen molar-refractivity contribution in [2.24, 2.45) is 10.1 Å². The van der Waals surface area contributed by atoms with Crippen LogP contribution in [0.2, 0.25) is 20.1 Å². The molecule has 1 aliphatic rings. The van der Waals surface area contributed by atoms with Gasteiger partial charge in [-0.05, 0) is 43.1 Å². The molecule has 0 N–H and O–H groups in total. The average Bonchev–Trinajstić information content (AvgIpc) is 2.67. The summed E-state index contributed by atoms with van der Waals surface area (Å²) in [4.78, 5) is 16.1. The summed E-state index contributed by atoms with van der Waals surface area (Å²) in [6.07, 6.45) is 3.23. The minimum atomic E-state index is -0.591. The van der Waals surface area contributed by atoms with Crippen LogP contribution in [0.5, 0.6) is 5.75 Å². The SMILES string of the molecule is C=NC(=O)/C(=C1/C=CC(Oc2ccc(Cl)cc2Cl)=NN1C)c1c(Cl)cccc1Cl. The lowest BCUT2D eigenvalue weighted by atomic mass is 10.0. The number of halogens is 4. The minimum absolute atomic E-state index is 0.168. The molecule has 0 unspecified atom stereocenters. The third kappa shape index (κ3) is 4.65. The fourth-order valence-corrected chi connectivity index (χ4v) is 3.66. The quantitative estimate of drug-likeness (QED) is 0.402. The first-order chi connectivity index (χ1) is 13.8. The topological polar surface area (TPSA) is 54.3 Å². The van der Waals surface area contributed by atoms with Gasteiger partial charge >= 0.3 is 0 Å². The molecular weight excluding hydrogens is 456 g/mol. The summed E-state index contributed by atoms with van der Waals surface area (Å²) in [6, 6.07) is 9.79. The molecule has 0 atom stereocenters. The Labute approximate surface area is 187 Å². The van der Waals surface area contributed by atoms with Crippen molar-refractivity contribution < 1.29 is 9.53 Å². The zero-order chi connectivity index (χ0) is 21.1. The number of hydrogen-bond donors (Lipinski definition) is 0. The maximum absolute atomic E-state index is 12.5. The molecule has 9 heteroatoms. The van der Waals surface area contributed by atoms with Gasteiger partial charge in [0.25, 0.3) is 5.91 Å². The molecule has 0 bridgehead atoms. The van der Waals surface area contributed by atoms with E-state index in [1.807, 2.05) is 0 Å². The predicted octanol–water partition coefficient (Wildman–Crippen LogP) is 6.13. The molecule has 148 valence electrons. The number of carbonyl (C=O) groups excluding carboxylic acids is 1. The Morgan fingerprint density at radius 1 is 1.07 bits per heavy atom. The van der Waals surface area contributed by atoms with Gasteiger partial charge in [0.15, 0.2) is 0 Å². The first kappa shape index (κ1) is 21.4. The van der Waals surface area contributed by atoms with Gasteiger partial charge < -0.3 is 4.74 Å².